The van der Waals surface area contributed by atoms with Crippen molar-refractivity contribution in [1.29, 1.82) is 0 Å². The molecule has 29 heavy (non-hydrogen) atoms. The van der Waals surface area contributed by atoms with Gasteiger partial charge < -0.3 is 19.5 Å². The zero-order chi connectivity index (χ0) is 21.1. The molecule has 0 aliphatic heterocycles. The summed E-state index contributed by atoms with van der Waals surface area (Å²) in [5.41, 5.74) is 1.09. The van der Waals surface area contributed by atoms with Gasteiger partial charge in [-0.05, 0) is 49.3 Å². The topological polar surface area (TPSA) is 68.8 Å². The van der Waals surface area contributed by atoms with Crippen molar-refractivity contribution >= 4 is 28.9 Å². The van der Waals surface area contributed by atoms with Gasteiger partial charge in [-0.2, -0.15) is 0 Å². The number of hydrogen-bond donors (Lipinski definition) is 2. The standard InChI is InChI=1S/C22H28N2O4S/c1-4-26-13-14-27-20-12-8-6-10-18(20)23-22(29)24-21(25)17-9-5-7-11-19(17)28-15-16(2)3/h5-12,16H,4,13-15H2,1-3H3,(H2,23,24,25,29). The number of nitrogens with one attached hydrogen (secondary N) is 2. The van der Waals surface area contributed by atoms with Crippen LogP contribution in [0.4, 0.5) is 5.69 Å². The van der Waals surface area contributed by atoms with Crippen molar-refractivity contribution in [2.75, 3.05) is 31.7 Å². The van der Waals surface area contributed by atoms with Crippen LogP contribution in [0.1, 0.15) is 31.1 Å². The van der Waals surface area contributed by atoms with Crippen LogP contribution >= 0.6 is 12.2 Å². The molecule has 7 heteroatoms. The lowest BCUT2D eigenvalue weighted by Crippen LogP contribution is -2.34. The number of para-hydroxylation sites is 3. The molecule has 2 rings (SSSR count). The molecule has 0 atom stereocenters. The predicted molar refractivity (Wildman–Crippen MR) is 119 cm³/mol. The number of thiocarbonyl (C=S) groups is 1. The predicted octanol–water partition coefficient (Wildman–Crippen LogP) is 4.26. The molecule has 0 unspecified atom stereocenters. The molecule has 0 radical (unpaired) electrons. The molecule has 0 heterocycles. The highest BCUT2D eigenvalue weighted by atomic mass is 32.1. The summed E-state index contributed by atoms with van der Waals surface area (Å²) in [5, 5.41) is 5.89. The van der Waals surface area contributed by atoms with E-state index >= 15 is 0 Å². The van der Waals surface area contributed by atoms with Crippen LogP contribution in [0.25, 0.3) is 0 Å². The smallest absolute Gasteiger partial charge is 0.261 e. The molecule has 0 saturated carbocycles. The highest BCUT2D eigenvalue weighted by molar-refractivity contribution is 7.80. The van der Waals surface area contributed by atoms with E-state index in [1.54, 1.807) is 18.2 Å². The third kappa shape index (κ3) is 7.71. The maximum atomic E-state index is 12.7. The molecule has 0 spiro atoms. The van der Waals surface area contributed by atoms with Gasteiger partial charge in [0.25, 0.3) is 5.91 Å². The Morgan fingerprint density at radius 3 is 2.41 bits per heavy atom. The van der Waals surface area contributed by atoms with Gasteiger partial charge in [-0.25, -0.2) is 0 Å². The number of hydrogen-bond acceptors (Lipinski definition) is 5. The highest BCUT2D eigenvalue weighted by Crippen LogP contribution is 2.24. The normalized spacial score (nSPS) is 10.5. The summed E-state index contributed by atoms with van der Waals surface area (Å²) in [6.45, 7) is 8.13. The summed E-state index contributed by atoms with van der Waals surface area (Å²) < 4.78 is 16.8. The third-order valence-corrected chi connectivity index (χ3v) is 3.96. The minimum absolute atomic E-state index is 0.175. The van der Waals surface area contributed by atoms with E-state index in [9.17, 15) is 4.79 Å². The minimum Gasteiger partial charge on any atom is -0.492 e. The highest BCUT2D eigenvalue weighted by Gasteiger charge is 2.15. The van der Waals surface area contributed by atoms with Gasteiger partial charge in [0.2, 0.25) is 0 Å². The average Bonchev–Trinajstić information content (AvgIpc) is 2.71. The first-order valence-corrected chi connectivity index (χ1v) is 10.1. The first-order valence-electron chi connectivity index (χ1n) is 9.65. The van der Waals surface area contributed by atoms with Crippen LogP contribution in [0.15, 0.2) is 48.5 Å². The Bertz CT molecular complexity index is 811. The molecule has 156 valence electrons. The van der Waals surface area contributed by atoms with Crippen molar-refractivity contribution in [3.05, 3.63) is 54.1 Å². The van der Waals surface area contributed by atoms with Crippen molar-refractivity contribution in [2.24, 2.45) is 5.92 Å². The van der Waals surface area contributed by atoms with Gasteiger partial charge >= 0.3 is 0 Å². The number of anilines is 1. The van der Waals surface area contributed by atoms with Crippen LogP contribution in [0.3, 0.4) is 0 Å². The molecule has 0 saturated heterocycles. The second-order valence-corrected chi connectivity index (χ2v) is 7.06. The van der Waals surface area contributed by atoms with Gasteiger partial charge in [-0.15, -0.1) is 0 Å². The summed E-state index contributed by atoms with van der Waals surface area (Å²) in [7, 11) is 0. The van der Waals surface area contributed by atoms with Crippen LogP contribution < -0.4 is 20.1 Å². The molecule has 2 aromatic carbocycles. The van der Waals surface area contributed by atoms with Crippen LogP contribution in [0.5, 0.6) is 11.5 Å². The van der Waals surface area contributed by atoms with E-state index in [0.29, 0.717) is 55.1 Å². The van der Waals surface area contributed by atoms with Crippen molar-refractivity contribution in [3.8, 4) is 11.5 Å². The fraction of sp³-hybridized carbons (Fsp3) is 0.364. The molecule has 0 fully saturated rings. The lowest BCUT2D eigenvalue weighted by molar-refractivity contribution is 0.0973. The van der Waals surface area contributed by atoms with Gasteiger partial charge in [-0.3, -0.25) is 10.1 Å². The Hall–Kier alpha value is -2.64. The van der Waals surface area contributed by atoms with Crippen LogP contribution in [-0.2, 0) is 4.74 Å². The van der Waals surface area contributed by atoms with Crippen LogP contribution in [0, 0.1) is 5.92 Å². The Morgan fingerprint density at radius 1 is 1.00 bits per heavy atom. The molecule has 2 N–H and O–H groups in total. The number of amides is 1. The molecule has 0 bridgehead atoms. The minimum atomic E-state index is -0.336. The van der Waals surface area contributed by atoms with E-state index in [1.165, 1.54) is 0 Å². The largest absolute Gasteiger partial charge is 0.492 e. The van der Waals surface area contributed by atoms with E-state index in [4.69, 9.17) is 26.4 Å². The SMILES string of the molecule is CCOCCOc1ccccc1NC(=S)NC(=O)c1ccccc1OCC(C)C. The molecule has 0 aliphatic rings. The number of carbonyl (C=O) groups excluding carboxylic acids is 1. The Kier molecular flexibility index (Phi) is 9.40. The molecule has 6 nitrogen and oxygen atoms in total. The second kappa shape index (κ2) is 12.0. The zero-order valence-electron chi connectivity index (χ0n) is 17.1. The van der Waals surface area contributed by atoms with Crippen molar-refractivity contribution in [3.63, 3.8) is 0 Å². The quantitative estimate of drug-likeness (QED) is 0.445. The molecular weight excluding hydrogens is 388 g/mol. The van der Waals surface area contributed by atoms with Crippen molar-refractivity contribution < 1.29 is 19.0 Å². The third-order valence-electron chi connectivity index (χ3n) is 3.76. The fourth-order valence-electron chi connectivity index (χ4n) is 2.41. The Morgan fingerprint density at radius 2 is 1.69 bits per heavy atom. The summed E-state index contributed by atoms with van der Waals surface area (Å²) >= 11 is 5.31. The first-order chi connectivity index (χ1) is 14.0. The van der Waals surface area contributed by atoms with Crippen molar-refractivity contribution in [1.82, 2.24) is 5.32 Å². The summed E-state index contributed by atoms with van der Waals surface area (Å²) in [4.78, 5) is 12.7. The number of carbonyl (C=O) groups is 1. The Labute approximate surface area is 177 Å². The van der Waals surface area contributed by atoms with E-state index in [2.05, 4.69) is 24.5 Å². The van der Waals surface area contributed by atoms with E-state index in [1.807, 2.05) is 37.3 Å². The average molecular weight is 417 g/mol. The number of ether oxygens (including phenoxy) is 3. The maximum Gasteiger partial charge on any atom is 0.261 e. The second-order valence-electron chi connectivity index (χ2n) is 6.65. The zero-order valence-corrected chi connectivity index (χ0v) is 17.9. The molecule has 2 aromatic rings. The lowest BCUT2D eigenvalue weighted by atomic mass is 10.2. The van der Waals surface area contributed by atoms with E-state index in [0.717, 1.165) is 0 Å². The van der Waals surface area contributed by atoms with E-state index in [-0.39, 0.29) is 11.0 Å². The summed E-state index contributed by atoms with van der Waals surface area (Å²) in [5.74, 6) is 1.18. The molecular formula is C22H28N2O4S. The van der Waals surface area contributed by atoms with Gasteiger partial charge in [0, 0.05) is 6.61 Å². The van der Waals surface area contributed by atoms with Crippen LogP contribution in [0.2, 0.25) is 0 Å². The first kappa shape index (κ1) is 22.6. The summed E-state index contributed by atoms with van der Waals surface area (Å²) in [6.07, 6.45) is 0. The van der Waals surface area contributed by atoms with Gasteiger partial charge in [0.1, 0.15) is 18.1 Å². The van der Waals surface area contributed by atoms with Gasteiger partial charge in [0.15, 0.2) is 5.11 Å². The van der Waals surface area contributed by atoms with Crippen molar-refractivity contribution in [2.45, 2.75) is 20.8 Å². The molecule has 0 aromatic heterocycles. The lowest BCUT2D eigenvalue weighted by Gasteiger charge is -2.16. The molecule has 1 amide bonds. The molecule has 0 aliphatic carbocycles. The van der Waals surface area contributed by atoms with Gasteiger partial charge in [-0.1, -0.05) is 38.1 Å². The monoisotopic (exact) mass is 416 g/mol. The summed E-state index contributed by atoms with van der Waals surface area (Å²) in [6, 6.07) is 14.5. The number of benzene rings is 2. The Balaban J connectivity index is 1.99. The number of rotatable bonds is 10. The van der Waals surface area contributed by atoms with E-state index < -0.39 is 0 Å². The maximum absolute atomic E-state index is 12.7. The fourth-order valence-corrected chi connectivity index (χ4v) is 2.61. The van der Waals surface area contributed by atoms with Gasteiger partial charge in [0.05, 0.1) is 24.5 Å². The van der Waals surface area contributed by atoms with Crippen LogP contribution in [-0.4, -0.2) is 37.4 Å².